The quantitative estimate of drug-likeness (QED) is 0.733. The van der Waals surface area contributed by atoms with Gasteiger partial charge in [-0.1, -0.05) is 6.07 Å². The molecular weight excluding hydrogens is 178 g/mol. The highest BCUT2D eigenvalue weighted by Gasteiger charge is 2.08. The van der Waals surface area contributed by atoms with Crippen molar-refractivity contribution in [2.24, 2.45) is 0 Å². The SMILES string of the molecule is CCOc1cccc(OCC)c1C#N. The molecule has 0 aromatic heterocycles. The second kappa shape index (κ2) is 5.13. The van der Waals surface area contributed by atoms with Gasteiger partial charge in [0, 0.05) is 0 Å². The molecular formula is C11H13NO2. The summed E-state index contributed by atoms with van der Waals surface area (Å²) < 4.78 is 10.6. The van der Waals surface area contributed by atoms with Crippen LogP contribution in [0.15, 0.2) is 18.2 Å². The zero-order chi connectivity index (χ0) is 10.4. The third-order valence-corrected chi connectivity index (χ3v) is 1.70. The lowest BCUT2D eigenvalue weighted by Gasteiger charge is -2.09. The Kier molecular flexibility index (Phi) is 3.81. The van der Waals surface area contributed by atoms with Crippen molar-refractivity contribution in [3.8, 4) is 17.6 Å². The molecule has 3 heteroatoms. The van der Waals surface area contributed by atoms with Gasteiger partial charge in [0.1, 0.15) is 23.1 Å². The molecule has 3 nitrogen and oxygen atoms in total. The Morgan fingerprint density at radius 3 is 2.00 bits per heavy atom. The Morgan fingerprint density at radius 2 is 1.64 bits per heavy atom. The van der Waals surface area contributed by atoms with E-state index in [1.54, 1.807) is 12.1 Å². The van der Waals surface area contributed by atoms with E-state index in [0.29, 0.717) is 30.3 Å². The topological polar surface area (TPSA) is 42.2 Å². The molecule has 0 aliphatic carbocycles. The third-order valence-electron chi connectivity index (χ3n) is 1.70. The van der Waals surface area contributed by atoms with E-state index in [0.717, 1.165) is 0 Å². The van der Waals surface area contributed by atoms with Crippen LogP contribution < -0.4 is 9.47 Å². The van der Waals surface area contributed by atoms with Crippen molar-refractivity contribution in [1.29, 1.82) is 5.26 Å². The van der Waals surface area contributed by atoms with E-state index in [2.05, 4.69) is 6.07 Å². The van der Waals surface area contributed by atoms with Gasteiger partial charge < -0.3 is 9.47 Å². The van der Waals surface area contributed by atoms with Crippen LogP contribution in [0, 0.1) is 11.3 Å². The minimum Gasteiger partial charge on any atom is -0.492 e. The molecule has 1 aromatic carbocycles. The fraction of sp³-hybridized carbons (Fsp3) is 0.364. The van der Waals surface area contributed by atoms with E-state index in [9.17, 15) is 0 Å². The standard InChI is InChI=1S/C11H13NO2/c1-3-13-10-6-5-7-11(14-4-2)9(10)8-12/h5-7H,3-4H2,1-2H3. The molecule has 0 spiro atoms. The van der Waals surface area contributed by atoms with Gasteiger partial charge >= 0.3 is 0 Å². The molecule has 14 heavy (non-hydrogen) atoms. The van der Waals surface area contributed by atoms with Crippen molar-refractivity contribution in [1.82, 2.24) is 0 Å². The molecule has 0 atom stereocenters. The molecule has 0 heterocycles. The van der Waals surface area contributed by atoms with E-state index < -0.39 is 0 Å². The molecule has 0 bridgehead atoms. The smallest absolute Gasteiger partial charge is 0.140 e. The zero-order valence-corrected chi connectivity index (χ0v) is 8.41. The van der Waals surface area contributed by atoms with Gasteiger partial charge in [-0.2, -0.15) is 5.26 Å². The Bertz CT molecular complexity index is 317. The molecule has 0 radical (unpaired) electrons. The predicted molar refractivity (Wildman–Crippen MR) is 53.5 cm³/mol. The van der Waals surface area contributed by atoms with Crippen molar-refractivity contribution < 1.29 is 9.47 Å². The summed E-state index contributed by atoms with van der Waals surface area (Å²) in [5.41, 5.74) is 0.469. The number of nitriles is 1. The second-order valence-corrected chi connectivity index (χ2v) is 2.61. The average molecular weight is 191 g/mol. The predicted octanol–water partition coefficient (Wildman–Crippen LogP) is 2.36. The molecule has 74 valence electrons. The number of hydrogen-bond acceptors (Lipinski definition) is 3. The van der Waals surface area contributed by atoms with Crippen LogP contribution in [0.2, 0.25) is 0 Å². The summed E-state index contributed by atoms with van der Waals surface area (Å²) in [6.45, 7) is 4.86. The van der Waals surface area contributed by atoms with E-state index in [4.69, 9.17) is 14.7 Å². The summed E-state index contributed by atoms with van der Waals surface area (Å²) in [4.78, 5) is 0. The molecule has 1 aromatic rings. The average Bonchev–Trinajstić information content (AvgIpc) is 2.19. The normalized spacial score (nSPS) is 9.21. The second-order valence-electron chi connectivity index (χ2n) is 2.61. The number of nitrogens with zero attached hydrogens (tertiary/aromatic N) is 1. The van der Waals surface area contributed by atoms with Gasteiger partial charge in [0.05, 0.1) is 13.2 Å². The van der Waals surface area contributed by atoms with Crippen molar-refractivity contribution in [2.45, 2.75) is 13.8 Å². The van der Waals surface area contributed by atoms with Gasteiger partial charge in [-0.25, -0.2) is 0 Å². The van der Waals surface area contributed by atoms with Crippen LogP contribution in [0.1, 0.15) is 19.4 Å². The lowest BCUT2D eigenvalue weighted by atomic mass is 10.2. The van der Waals surface area contributed by atoms with Crippen molar-refractivity contribution >= 4 is 0 Å². The van der Waals surface area contributed by atoms with Crippen molar-refractivity contribution in [2.75, 3.05) is 13.2 Å². The van der Waals surface area contributed by atoms with Crippen LogP contribution >= 0.6 is 0 Å². The summed E-state index contributed by atoms with van der Waals surface area (Å²) in [5.74, 6) is 1.17. The number of benzene rings is 1. The van der Waals surface area contributed by atoms with Gasteiger partial charge in [0.15, 0.2) is 0 Å². The first-order chi connectivity index (χ1) is 6.83. The van der Waals surface area contributed by atoms with Gasteiger partial charge in [0.2, 0.25) is 0 Å². The third kappa shape index (κ3) is 2.17. The van der Waals surface area contributed by atoms with Crippen LogP contribution in [0.4, 0.5) is 0 Å². The van der Waals surface area contributed by atoms with Crippen molar-refractivity contribution in [3.63, 3.8) is 0 Å². The first-order valence-electron chi connectivity index (χ1n) is 4.62. The fourth-order valence-electron chi connectivity index (χ4n) is 1.17. The Morgan fingerprint density at radius 1 is 1.14 bits per heavy atom. The number of ether oxygens (including phenoxy) is 2. The maximum Gasteiger partial charge on any atom is 0.140 e. The molecule has 0 aliphatic heterocycles. The lowest BCUT2D eigenvalue weighted by molar-refractivity contribution is 0.321. The molecule has 0 aliphatic rings. The maximum absolute atomic E-state index is 8.94. The summed E-state index contributed by atoms with van der Waals surface area (Å²) in [5, 5.41) is 8.94. The van der Waals surface area contributed by atoms with E-state index >= 15 is 0 Å². The number of hydrogen-bond donors (Lipinski definition) is 0. The highest BCUT2D eigenvalue weighted by Crippen LogP contribution is 2.27. The summed E-state index contributed by atoms with van der Waals surface area (Å²) in [6, 6.07) is 7.44. The lowest BCUT2D eigenvalue weighted by Crippen LogP contribution is -1.98. The van der Waals surface area contributed by atoms with Gasteiger partial charge in [-0.05, 0) is 26.0 Å². The monoisotopic (exact) mass is 191 g/mol. The minimum absolute atomic E-state index is 0.469. The minimum atomic E-state index is 0.469. The van der Waals surface area contributed by atoms with E-state index in [1.165, 1.54) is 0 Å². The Labute approximate surface area is 83.9 Å². The van der Waals surface area contributed by atoms with Gasteiger partial charge in [-0.3, -0.25) is 0 Å². The number of rotatable bonds is 4. The molecule has 0 fully saturated rings. The van der Waals surface area contributed by atoms with E-state index in [1.807, 2.05) is 19.9 Å². The van der Waals surface area contributed by atoms with Crippen LogP contribution in [-0.2, 0) is 0 Å². The summed E-state index contributed by atoms with van der Waals surface area (Å²) in [7, 11) is 0. The molecule has 0 saturated carbocycles. The van der Waals surface area contributed by atoms with Crippen LogP contribution in [-0.4, -0.2) is 13.2 Å². The van der Waals surface area contributed by atoms with Gasteiger partial charge in [0.25, 0.3) is 0 Å². The van der Waals surface area contributed by atoms with Crippen LogP contribution in [0.25, 0.3) is 0 Å². The first-order valence-corrected chi connectivity index (χ1v) is 4.62. The maximum atomic E-state index is 8.94. The van der Waals surface area contributed by atoms with Crippen molar-refractivity contribution in [3.05, 3.63) is 23.8 Å². The molecule has 0 amide bonds. The Balaban J connectivity index is 3.06. The highest BCUT2D eigenvalue weighted by molar-refractivity contribution is 5.52. The summed E-state index contributed by atoms with van der Waals surface area (Å²) >= 11 is 0. The molecule has 0 unspecified atom stereocenters. The highest BCUT2D eigenvalue weighted by atomic mass is 16.5. The first kappa shape index (κ1) is 10.4. The van der Waals surface area contributed by atoms with E-state index in [-0.39, 0.29) is 0 Å². The largest absolute Gasteiger partial charge is 0.492 e. The zero-order valence-electron chi connectivity index (χ0n) is 8.41. The fourth-order valence-corrected chi connectivity index (χ4v) is 1.17. The molecule has 0 saturated heterocycles. The molecule has 0 N–H and O–H groups in total. The Hall–Kier alpha value is -1.69. The van der Waals surface area contributed by atoms with Crippen LogP contribution in [0.3, 0.4) is 0 Å². The summed E-state index contributed by atoms with van der Waals surface area (Å²) in [6.07, 6.45) is 0. The molecule has 1 rings (SSSR count). The van der Waals surface area contributed by atoms with Gasteiger partial charge in [-0.15, -0.1) is 0 Å². The van der Waals surface area contributed by atoms with Crippen LogP contribution in [0.5, 0.6) is 11.5 Å².